The molecule has 1 heterocycles. The van der Waals surface area contributed by atoms with Crippen LogP contribution in [-0.4, -0.2) is 62.1 Å². The Bertz CT molecular complexity index is 796. The van der Waals surface area contributed by atoms with Gasteiger partial charge in [0.2, 0.25) is 0 Å². The number of hydrogen-bond donors (Lipinski definition) is 0. The second-order valence-electron chi connectivity index (χ2n) is 9.98. The number of hydrogen-bond acceptors (Lipinski definition) is 1. The molecule has 1 fully saturated rings. The molecule has 174 valence electrons. The smallest absolute Gasteiger partial charge is 0.105 e. The summed E-state index contributed by atoms with van der Waals surface area (Å²) in [7, 11) is 4.44. The highest BCUT2D eigenvalue weighted by molar-refractivity contribution is 6.15. The standard InChI is InChI=1S/C28H39N2.CH3Cl/c1-7-27(3)16-9-11-24(13-18-27)21-30(20-15-26(23-30)29(5)6)22-25-12-10-17-28(4,8-2)19-14-25;1-2/h7-14,16-19,26H,1-2,15,20-23H2,3-6H3;1H3/q+1;. The largest absolute Gasteiger partial charge is 0.315 e. The number of nitrogens with zero attached hydrogens (tertiary/aromatic N) is 2. The minimum atomic E-state index is -0.0627. The van der Waals surface area contributed by atoms with Gasteiger partial charge in [0.15, 0.2) is 0 Å². The van der Waals surface area contributed by atoms with Crippen molar-refractivity contribution in [2.75, 3.05) is 46.7 Å². The second-order valence-corrected chi connectivity index (χ2v) is 9.98. The van der Waals surface area contributed by atoms with E-state index in [0.717, 1.165) is 17.6 Å². The van der Waals surface area contributed by atoms with E-state index in [1.54, 1.807) is 0 Å². The number of allylic oxidation sites excluding steroid dienone is 10. The van der Waals surface area contributed by atoms with Crippen LogP contribution in [0.25, 0.3) is 0 Å². The molecule has 0 aromatic rings. The van der Waals surface area contributed by atoms with Crippen LogP contribution in [0.4, 0.5) is 0 Å². The van der Waals surface area contributed by atoms with E-state index in [1.165, 1.54) is 37.0 Å². The van der Waals surface area contributed by atoms with Crippen LogP contribution in [0.3, 0.4) is 0 Å². The third-order valence-corrected chi connectivity index (χ3v) is 7.02. The van der Waals surface area contributed by atoms with Gasteiger partial charge in [-0.05, 0) is 27.9 Å². The predicted molar refractivity (Wildman–Crippen MR) is 143 cm³/mol. The second kappa shape index (κ2) is 11.3. The van der Waals surface area contributed by atoms with E-state index in [2.05, 4.69) is 118 Å². The molecule has 0 radical (unpaired) electrons. The molecular weight excluding hydrogens is 412 g/mol. The maximum absolute atomic E-state index is 4.64. The van der Waals surface area contributed by atoms with E-state index in [0.29, 0.717) is 6.04 Å². The van der Waals surface area contributed by atoms with Crippen molar-refractivity contribution >= 4 is 11.6 Å². The number of likely N-dealkylation sites (N-methyl/N-ethyl adjacent to an activating group) is 1. The minimum Gasteiger partial charge on any atom is -0.315 e. The summed E-state index contributed by atoms with van der Waals surface area (Å²) < 4.78 is 1.10. The molecule has 0 bridgehead atoms. The fraction of sp³-hybridized carbons (Fsp3) is 0.448. The summed E-state index contributed by atoms with van der Waals surface area (Å²) in [5.41, 5.74) is 2.68. The molecule has 3 unspecified atom stereocenters. The Hall–Kier alpha value is -1.87. The molecule has 32 heavy (non-hydrogen) atoms. The van der Waals surface area contributed by atoms with Crippen LogP contribution in [0.1, 0.15) is 20.3 Å². The Morgan fingerprint density at radius 2 is 1.41 bits per heavy atom. The Kier molecular flexibility index (Phi) is 9.33. The van der Waals surface area contributed by atoms with Crippen molar-refractivity contribution in [3.05, 3.63) is 97.2 Å². The average Bonchev–Trinajstić information content (AvgIpc) is 2.99. The van der Waals surface area contributed by atoms with Gasteiger partial charge in [-0.15, -0.1) is 24.8 Å². The minimum absolute atomic E-state index is 0.0627. The highest BCUT2D eigenvalue weighted by Gasteiger charge is 2.40. The van der Waals surface area contributed by atoms with Crippen LogP contribution in [0.2, 0.25) is 0 Å². The van der Waals surface area contributed by atoms with Gasteiger partial charge in [0.1, 0.15) is 13.1 Å². The van der Waals surface area contributed by atoms with Crippen LogP contribution in [0.5, 0.6) is 0 Å². The maximum Gasteiger partial charge on any atom is 0.105 e. The highest BCUT2D eigenvalue weighted by atomic mass is 35.5. The first-order valence-electron chi connectivity index (χ1n) is 11.5. The zero-order valence-electron chi connectivity index (χ0n) is 20.7. The van der Waals surface area contributed by atoms with Crippen molar-refractivity contribution in [3.8, 4) is 0 Å². The molecule has 0 N–H and O–H groups in total. The summed E-state index contributed by atoms with van der Waals surface area (Å²) in [5.74, 6) is 0. The van der Waals surface area contributed by atoms with Crippen LogP contribution in [0, 0.1) is 10.8 Å². The third-order valence-electron chi connectivity index (χ3n) is 7.02. The first-order chi connectivity index (χ1) is 15.2. The topological polar surface area (TPSA) is 3.24 Å². The molecule has 0 saturated carbocycles. The summed E-state index contributed by atoms with van der Waals surface area (Å²) in [4.78, 5) is 2.40. The SMILES string of the molecule is C=CC1(C)C=CC=C(C[N+]2(CC3=CC=CC(C)(C=C)C=C3)CCC(N(C)C)C2)C=C1.CCl. The number of likely N-dealkylation sites (tertiary alicyclic amines) is 1. The fourth-order valence-corrected chi connectivity index (χ4v) is 4.63. The monoisotopic (exact) mass is 453 g/mol. The first-order valence-corrected chi connectivity index (χ1v) is 12.3. The lowest BCUT2D eigenvalue weighted by molar-refractivity contribution is -0.908. The number of rotatable bonds is 7. The molecule has 2 aliphatic carbocycles. The van der Waals surface area contributed by atoms with Crippen molar-refractivity contribution in [2.24, 2.45) is 10.8 Å². The lowest BCUT2D eigenvalue weighted by Gasteiger charge is -2.36. The molecule has 3 rings (SSSR count). The van der Waals surface area contributed by atoms with E-state index in [4.69, 9.17) is 0 Å². The van der Waals surface area contributed by atoms with Crippen molar-refractivity contribution in [3.63, 3.8) is 0 Å². The number of alkyl halides is 1. The van der Waals surface area contributed by atoms with Gasteiger partial charge in [-0.3, -0.25) is 0 Å². The predicted octanol–water partition coefficient (Wildman–Crippen LogP) is 6.48. The van der Waals surface area contributed by atoms with E-state index >= 15 is 0 Å². The first kappa shape index (κ1) is 26.4. The van der Waals surface area contributed by atoms with E-state index in [-0.39, 0.29) is 10.8 Å². The summed E-state index contributed by atoms with van der Waals surface area (Å²) in [6.07, 6.45) is 29.4. The summed E-state index contributed by atoms with van der Waals surface area (Å²) in [6, 6.07) is 0.638. The Morgan fingerprint density at radius 1 is 0.938 bits per heavy atom. The van der Waals surface area contributed by atoms with Gasteiger partial charge in [-0.1, -0.05) is 72.9 Å². The lowest BCUT2D eigenvalue weighted by Crippen LogP contribution is -2.50. The van der Waals surface area contributed by atoms with Crippen molar-refractivity contribution in [2.45, 2.75) is 26.3 Å². The quantitative estimate of drug-likeness (QED) is 0.242. The third kappa shape index (κ3) is 6.81. The van der Waals surface area contributed by atoms with E-state index < -0.39 is 0 Å². The Morgan fingerprint density at radius 3 is 1.78 bits per heavy atom. The van der Waals surface area contributed by atoms with Crippen molar-refractivity contribution in [1.29, 1.82) is 0 Å². The van der Waals surface area contributed by atoms with Gasteiger partial charge in [-0.2, -0.15) is 0 Å². The average molecular weight is 454 g/mol. The van der Waals surface area contributed by atoms with Crippen LogP contribution < -0.4 is 0 Å². The van der Waals surface area contributed by atoms with Crippen LogP contribution in [0.15, 0.2) is 97.2 Å². The molecular formula is C29H42ClN2+. The highest BCUT2D eigenvalue weighted by Crippen LogP contribution is 2.31. The van der Waals surface area contributed by atoms with E-state index in [9.17, 15) is 0 Å². The lowest BCUT2D eigenvalue weighted by atomic mass is 9.90. The van der Waals surface area contributed by atoms with E-state index in [1.807, 2.05) is 12.2 Å². The summed E-state index contributed by atoms with van der Waals surface area (Å²) in [5, 5.41) is 0. The molecule has 3 heteroatoms. The van der Waals surface area contributed by atoms with Gasteiger partial charge in [0.25, 0.3) is 0 Å². The number of halogens is 1. The number of quaternary nitrogens is 1. The molecule has 1 saturated heterocycles. The normalized spacial score (nSPS) is 33.7. The van der Waals surface area contributed by atoms with Crippen LogP contribution >= 0.6 is 11.6 Å². The van der Waals surface area contributed by atoms with Crippen LogP contribution in [-0.2, 0) is 0 Å². The zero-order valence-corrected chi connectivity index (χ0v) is 21.5. The molecule has 0 amide bonds. The molecule has 0 aromatic carbocycles. The fourth-order valence-electron chi connectivity index (χ4n) is 4.63. The molecule has 2 nitrogen and oxygen atoms in total. The summed E-state index contributed by atoms with van der Waals surface area (Å²) in [6.45, 7) is 17.0. The van der Waals surface area contributed by atoms with Crippen molar-refractivity contribution < 1.29 is 4.48 Å². The molecule has 0 aromatic heterocycles. The van der Waals surface area contributed by atoms with Gasteiger partial charge < -0.3 is 9.38 Å². The molecule has 1 aliphatic heterocycles. The van der Waals surface area contributed by atoms with Gasteiger partial charge in [0, 0.05) is 34.8 Å². The summed E-state index contributed by atoms with van der Waals surface area (Å²) >= 11 is 4.64. The Balaban J connectivity index is 0.00000176. The molecule has 3 atom stereocenters. The zero-order chi connectivity index (χ0) is 23.8. The Labute approximate surface area is 201 Å². The maximum atomic E-state index is 4.64. The van der Waals surface area contributed by atoms with Crippen molar-refractivity contribution in [1.82, 2.24) is 4.90 Å². The molecule has 0 spiro atoms. The van der Waals surface area contributed by atoms with Gasteiger partial charge in [-0.25, -0.2) is 0 Å². The molecule has 3 aliphatic rings. The van der Waals surface area contributed by atoms with Gasteiger partial charge >= 0.3 is 0 Å². The van der Waals surface area contributed by atoms with Gasteiger partial charge in [0.05, 0.1) is 19.1 Å².